The number of rotatable bonds is 7. The first-order valence-electron chi connectivity index (χ1n) is 9.42. The molecule has 26 heavy (non-hydrogen) atoms. The van der Waals surface area contributed by atoms with Gasteiger partial charge >= 0.3 is 6.18 Å². The highest BCUT2D eigenvalue weighted by atomic mass is 19.4. The normalized spacial score (nSPS) is 18.9. The predicted molar refractivity (Wildman–Crippen MR) is 96.8 cm³/mol. The molecule has 1 atom stereocenters. The third-order valence-corrected chi connectivity index (χ3v) is 4.85. The van der Waals surface area contributed by atoms with E-state index in [-0.39, 0.29) is 11.9 Å². The van der Waals surface area contributed by atoms with Crippen molar-refractivity contribution in [2.75, 3.05) is 19.6 Å². The van der Waals surface area contributed by atoms with Crippen LogP contribution in [0.5, 0.6) is 0 Å². The second kappa shape index (κ2) is 9.40. The van der Waals surface area contributed by atoms with E-state index in [0.29, 0.717) is 30.9 Å². The maximum atomic E-state index is 13.1. The van der Waals surface area contributed by atoms with Crippen LogP contribution in [0.25, 0.3) is 0 Å². The Morgan fingerprint density at radius 1 is 1.31 bits per heavy atom. The lowest BCUT2D eigenvalue weighted by molar-refractivity contribution is -0.138. The van der Waals surface area contributed by atoms with Gasteiger partial charge < -0.3 is 10.2 Å². The van der Waals surface area contributed by atoms with Crippen LogP contribution in [-0.4, -0.2) is 36.5 Å². The van der Waals surface area contributed by atoms with Gasteiger partial charge in [-0.2, -0.15) is 13.2 Å². The van der Waals surface area contributed by atoms with E-state index in [2.05, 4.69) is 10.2 Å². The molecule has 1 saturated heterocycles. The van der Waals surface area contributed by atoms with Gasteiger partial charge in [0.05, 0.1) is 5.56 Å². The molecule has 0 bridgehead atoms. The molecule has 0 aromatic heterocycles. The van der Waals surface area contributed by atoms with Crippen molar-refractivity contribution in [1.82, 2.24) is 10.2 Å². The van der Waals surface area contributed by atoms with E-state index in [1.54, 1.807) is 12.1 Å². The lowest BCUT2D eigenvalue weighted by Gasteiger charge is -2.32. The van der Waals surface area contributed by atoms with Crippen LogP contribution in [0.4, 0.5) is 13.2 Å². The van der Waals surface area contributed by atoms with Crippen molar-refractivity contribution in [2.45, 2.75) is 58.2 Å². The molecule has 3 nitrogen and oxygen atoms in total. The largest absolute Gasteiger partial charge is 0.416 e. The van der Waals surface area contributed by atoms with Crippen molar-refractivity contribution in [3.8, 4) is 0 Å². The number of alkyl halides is 3. The summed E-state index contributed by atoms with van der Waals surface area (Å²) in [5.41, 5.74) is -0.133. The van der Waals surface area contributed by atoms with Gasteiger partial charge in [-0.3, -0.25) is 4.79 Å². The maximum absolute atomic E-state index is 13.1. The van der Waals surface area contributed by atoms with Gasteiger partial charge in [-0.25, -0.2) is 0 Å². The van der Waals surface area contributed by atoms with Crippen molar-refractivity contribution < 1.29 is 18.0 Å². The van der Waals surface area contributed by atoms with Gasteiger partial charge in [0.1, 0.15) is 0 Å². The van der Waals surface area contributed by atoms with E-state index in [1.165, 1.54) is 6.07 Å². The van der Waals surface area contributed by atoms with Crippen LogP contribution in [0.15, 0.2) is 24.3 Å². The molecule has 1 aromatic rings. The molecule has 0 saturated carbocycles. The van der Waals surface area contributed by atoms with E-state index in [4.69, 9.17) is 0 Å². The number of aryl methyl sites for hydroxylation is 1. The third-order valence-electron chi connectivity index (χ3n) is 4.85. The molecular weight excluding hydrogens is 341 g/mol. The summed E-state index contributed by atoms with van der Waals surface area (Å²) in [7, 11) is 0. The molecule has 1 aromatic carbocycles. The van der Waals surface area contributed by atoms with Crippen LogP contribution in [0.2, 0.25) is 0 Å². The van der Waals surface area contributed by atoms with Crippen molar-refractivity contribution in [2.24, 2.45) is 5.92 Å². The second-order valence-electron chi connectivity index (χ2n) is 7.47. The van der Waals surface area contributed by atoms with Crippen LogP contribution in [-0.2, 0) is 17.4 Å². The van der Waals surface area contributed by atoms with Crippen LogP contribution in [0, 0.1) is 5.92 Å². The van der Waals surface area contributed by atoms with Gasteiger partial charge in [0, 0.05) is 25.6 Å². The van der Waals surface area contributed by atoms with Crippen molar-refractivity contribution in [1.29, 1.82) is 0 Å². The van der Waals surface area contributed by atoms with Gasteiger partial charge in [-0.15, -0.1) is 0 Å². The average molecular weight is 370 g/mol. The van der Waals surface area contributed by atoms with Crippen LogP contribution in [0.3, 0.4) is 0 Å². The summed E-state index contributed by atoms with van der Waals surface area (Å²) in [6.45, 7) is 6.42. The number of nitrogens with one attached hydrogen (secondary N) is 1. The third kappa shape index (κ3) is 6.63. The van der Waals surface area contributed by atoms with Crippen LogP contribution >= 0.6 is 0 Å². The average Bonchev–Trinajstić information content (AvgIpc) is 2.57. The fourth-order valence-corrected chi connectivity index (χ4v) is 3.62. The van der Waals surface area contributed by atoms with Crippen molar-refractivity contribution in [3.05, 3.63) is 35.4 Å². The van der Waals surface area contributed by atoms with E-state index in [1.807, 2.05) is 13.8 Å². The topological polar surface area (TPSA) is 32.3 Å². The highest BCUT2D eigenvalue weighted by molar-refractivity contribution is 5.76. The molecule has 1 amide bonds. The van der Waals surface area contributed by atoms with Gasteiger partial charge in [0.15, 0.2) is 0 Å². The minimum atomic E-state index is -4.29. The Kier molecular flexibility index (Phi) is 7.50. The summed E-state index contributed by atoms with van der Waals surface area (Å²) in [5, 5.41) is 2.89. The molecule has 0 radical (unpaired) electrons. The van der Waals surface area contributed by atoms with Gasteiger partial charge in [0.2, 0.25) is 5.91 Å². The molecule has 146 valence electrons. The minimum Gasteiger partial charge on any atom is -0.354 e. The fraction of sp³-hybridized carbons (Fsp3) is 0.650. The van der Waals surface area contributed by atoms with Gasteiger partial charge in [-0.1, -0.05) is 18.2 Å². The summed E-state index contributed by atoms with van der Waals surface area (Å²) in [6, 6.07) is 6.00. The Hall–Kier alpha value is -1.56. The molecule has 0 aliphatic carbocycles. The molecule has 1 aliphatic rings. The molecule has 2 rings (SSSR count). The number of benzene rings is 1. The van der Waals surface area contributed by atoms with E-state index in [0.717, 1.165) is 38.4 Å². The number of carbonyl (C=O) groups excluding carboxylic acids is 1. The second-order valence-corrected chi connectivity index (χ2v) is 7.47. The van der Waals surface area contributed by atoms with E-state index in [9.17, 15) is 18.0 Å². The molecule has 1 fully saturated rings. The minimum absolute atomic E-state index is 0.0567. The Morgan fingerprint density at radius 3 is 2.73 bits per heavy atom. The zero-order valence-electron chi connectivity index (χ0n) is 15.6. The lowest BCUT2D eigenvalue weighted by atomic mass is 9.90. The molecule has 1 heterocycles. The number of likely N-dealkylation sites (tertiary alicyclic amines) is 1. The van der Waals surface area contributed by atoms with Gasteiger partial charge in [0.25, 0.3) is 0 Å². The molecule has 0 unspecified atom stereocenters. The Bertz CT molecular complexity index is 587. The number of amides is 1. The monoisotopic (exact) mass is 370 g/mol. The molecule has 6 heteroatoms. The van der Waals surface area contributed by atoms with Crippen LogP contribution < -0.4 is 5.32 Å². The van der Waals surface area contributed by atoms with Gasteiger partial charge in [-0.05, 0) is 63.6 Å². The van der Waals surface area contributed by atoms with E-state index >= 15 is 0 Å². The Balaban J connectivity index is 1.83. The van der Waals surface area contributed by atoms with E-state index < -0.39 is 11.7 Å². The Morgan fingerprint density at radius 2 is 2.04 bits per heavy atom. The zero-order valence-corrected chi connectivity index (χ0v) is 15.6. The lowest BCUT2D eigenvalue weighted by Crippen LogP contribution is -2.39. The number of halogens is 3. The first-order chi connectivity index (χ1) is 12.3. The quantitative estimate of drug-likeness (QED) is 0.778. The predicted octanol–water partition coefficient (Wildman–Crippen LogP) is 4.26. The summed E-state index contributed by atoms with van der Waals surface area (Å²) in [4.78, 5) is 14.0. The van der Waals surface area contributed by atoms with Crippen LogP contribution in [0.1, 0.15) is 50.7 Å². The Labute approximate surface area is 154 Å². The SMILES string of the molecule is CC(C)NC(=O)CCN1CCC[C@H](CCc2ccccc2C(F)(F)F)C1. The fourth-order valence-electron chi connectivity index (χ4n) is 3.62. The molecule has 1 N–H and O–H groups in total. The number of carbonyl (C=O) groups is 1. The number of nitrogens with zero attached hydrogens (tertiary/aromatic N) is 1. The highest BCUT2D eigenvalue weighted by Gasteiger charge is 2.33. The smallest absolute Gasteiger partial charge is 0.354 e. The molecule has 0 spiro atoms. The summed E-state index contributed by atoms with van der Waals surface area (Å²) in [5.74, 6) is 0.444. The summed E-state index contributed by atoms with van der Waals surface area (Å²) >= 11 is 0. The standard InChI is InChI=1S/C20H29F3N2O/c1-15(2)24-19(26)11-13-25-12-5-6-16(14-25)9-10-17-7-3-4-8-18(17)20(21,22)23/h3-4,7-8,15-16H,5-6,9-14H2,1-2H3,(H,24,26)/t16-/m1/s1. The number of piperidine rings is 1. The first-order valence-corrected chi connectivity index (χ1v) is 9.42. The number of hydrogen-bond acceptors (Lipinski definition) is 2. The summed E-state index contributed by atoms with van der Waals surface area (Å²) < 4.78 is 39.3. The highest BCUT2D eigenvalue weighted by Crippen LogP contribution is 2.33. The molecule has 1 aliphatic heterocycles. The maximum Gasteiger partial charge on any atom is 0.416 e. The first kappa shape index (κ1) is 20.7. The molecular formula is C20H29F3N2O. The van der Waals surface area contributed by atoms with Crippen molar-refractivity contribution >= 4 is 5.91 Å². The zero-order chi connectivity index (χ0) is 19.2. The summed E-state index contributed by atoms with van der Waals surface area (Å²) in [6.07, 6.45) is -0.537. The van der Waals surface area contributed by atoms with Crippen molar-refractivity contribution in [3.63, 3.8) is 0 Å². The number of hydrogen-bond donors (Lipinski definition) is 1.